The van der Waals surface area contributed by atoms with Crippen molar-refractivity contribution in [2.45, 2.75) is 89.6 Å². The second-order valence-corrected chi connectivity index (χ2v) is 9.37. The molecule has 5 rings (SSSR count). The quantitative estimate of drug-likeness (QED) is 0.707. The molecule has 1 aromatic carbocycles. The second kappa shape index (κ2) is 8.83. The molecule has 0 saturated carbocycles. The fraction of sp³-hybridized carbons (Fsp3) is 0.600. The van der Waals surface area contributed by atoms with Gasteiger partial charge in [0.25, 0.3) is 5.56 Å². The van der Waals surface area contributed by atoms with Gasteiger partial charge in [0.15, 0.2) is 0 Å². The number of hydrogen-bond donors (Lipinski definition) is 0. The van der Waals surface area contributed by atoms with Crippen LogP contribution in [0.5, 0.6) is 0 Å². The Hall–Kier alpha value is -2.05. The summed E-state index contributed by atoms with van der Waals surface area (Å²) in [5.74, 6) is 0.656. The minimum Gasteiger partial charge on any atom is -0.373 e. The van der Waals surface area contributed by atoms with Gasteiger partial charge in [0.2, 0.25) is 0 Å². The Labute approximate surface area is 183 Å². The van der Waals surface area contributed by atoms with Crippen LogP contribution in [0.1, 0.15) is 61.2 Å². The van der Waals surface area contributed by atoms with E-state index in [-0.39, 0.29) is 17.5 Å². The van der Waals surface area contributed by atoms with Crippen molar-refractivity contribution in [2.24, 2.45) is 0 Å². The van der Waals surface area contributed by atoms with E-state index in [1.54, 1.807) is 12.1 Å². The first-order valence-electron chi connectivity index (χ1n) is 11.8. The number of benzene rings is 1. The van der Waals surface area contributed by atoms with Gasteiger partial charge in [-0.15, -0.1) is 0 Å². The summed E-state index contributed by atoms with van der Waals surface area (Å²) in [6.07, 6.45) is 8.57. The first-order chi connectivity index (χ1) is 15.1. The van der Waals surface area contributed by atoms with E-state index in [9.17, 15) is 9.18 Å². The number of piperidine rings is 1. The summed E-state index contributed by atoms with van der Waals surface area (Å²) in [4.78, 5) is 20.4. The molecule has 2 atom stereocenters. The Bertz CT molecular complexity index is 991. The van der Waals surface area contributed by atoms with Gasteiger partial charge in [-0.25, -0.2) is 9.37 Å². The van der Waals surface area contributed by atoms with Gasteiger partial charge in [-0.1, -0.05) is 18.2 Å². The standard InChI is InChI=1S/C25H32FN3O2/c1-17-27-24-9-5-3-7-22(24)25(30)28(17)12-13-29-19-10-11-20(29)15-21(14-19)31-16-18-6-2-4-8-23(18)26/h2,4,6,8,19-21H,3,5,7,9-16H2,1H3. The molecule has 1 aliphatic carbocycles. The Morgan fingerprint density at radius 2 is 1.84 bits per heavy atom. The highest BCUT2D eigenvalue weighted by Crippen LogP contribution is 2.37. The summed E-state index contributed by atoms with van der Waals surface area (Å²) in [6.45, 7) is 3.90. The molecule has 3 aliphatic rings. The highest BCUT2D eigenvalue weighted by molar-refractivity contribution is 5.21. The number of rotatable bonds is 6. The molecule has 1 aromatic heterocycles. The molecule has 5 nitrogen and oxygen atoms in total. The number of nitrogens with zero attached hydrogens (tertiary/aromatic N) is 3. The molecule has 0 radical (unpaired) electrons. The molecule has 6 heteroatoms. The van der Waals surface area contributed by atoms with Crippen LogP contribution < -0.4 is 5.56 Å². The van der Waals surface area contributed by atoms with Crippen LogP contribution in [0.15, 0.2) is 29.1 Å². The minimum absolute atomic E-state index is 0.178. The normalized spacial score (nSPS) is 25.5. The average molecular weight is 426 g/mol. The van der Waals surface area contributed by atoms with Crippen molar-refractivity contribution in [3.63, 3.8) is 0 Å². The molecule has 2 aromatic rings. The number of aromatic nitrogens is 2. The number of ether oxygens (including phenoxy) is 1. The Morgan fingerprint density at radius 1 is 1.10 bits per heavy atom. The molecule has 166 valence electrons. The lowest BCUT2D eigenvalue weighted by atomic mass is 9.97. The highest BCUT2D eigenvalue weighted by atomic mass is 19.1. The van der Waals surface area contributed by atoms with Gasteiger partial charge < -0.3 is 4.74 Å². The molecule has 2 saturated heterocycles. The summed E-state index contributed by atoms with van der Waals surface area (Å²) in [6, 6.07) is 7.84. The van der Waals surface area contributed by atoms with Gasteiger partial charge >= 0.3 is 0 Å². The van der Waals surface area contributed by atoms with E-state index in [1.807, 2.05) is 17.6 Å². The summed E-state index contributed by atoms with van der Waals surface area (Å²) in [5, 5.41) is 0. The highest BCUT2D eigenvalue weighted by Gasteiger charge is 2.40. The molecule has 2 unspecified atom stereocenters. The lowest BCUT2D eigenvalue weighted by Crippen LogP contribution is -2.47. The van der Waals surface area contributed by atoms with Crippen LogP contribution in [0.3, 0.4) is 0 Å². The van der Waals surface area contributed by atoms with Gasteiger partial charge in [0.1, 0.15) is 11.6 Å². The third kappa shape index (κ3) is 4.20. The van der Waals surface area contributed by atoms with Crippen LogP contribution in [0.25, 0.3) is 0 Å². The molecule has 0 amide bonds. The third-order valence-corrected chi connectivity index (χ3v) is 7.48. The van der Waals surface area contributed by atoms with Gasteiger partial charge in [0.05, 0.1) is 18.4 Å². The predicted octanol–water partition coefficient (Wildman–Crippen LogP) is 3.78. The van der Waals surface area contributed by atoms with Crippen molar-refractivity contribution < 1.29 is 9.13 Å². The summed E-state index contributed by atoms with van der Waals surface area (Å²) >= 11 is 0. The smallest absolute Gasteiger partial charge is 0.256 e. The molecule has 2 aliphatic heterocycles. The Morgan fingerprint density at radius 3 is 2.61 bits per heavy atom. The molecule has 2 bridgehead atoms. The van der Waals surface area contributed by atoms with Crippen molar-refractivity contribution >= 4 is 0 Å². The molecular weight excluding hydrogens is 393 g/mol. The van der Waals surface area contributed by atoms with E-state index in [4.69, 9.17) is 9.72 Å². The maximum atomic E-state index is 13.9. The van der Waals surface area contributed by atoms with E-state index in [1.165, 1.54) is 18.9 Å². The van der Waals surface area contributed by atoms with Crippen LogP contribution in [0.2, 0.25) is 0 Å². The lowest BCUT2D eigenvalue weighted by Gasteiger charge is -2.39. The molecule has 0 N–H and O–H groups in total. The van der Waals surface area contributed by atoms with E-state index < -0.39 is 0 Å². The SMILES string of the molecule is Cc1nc2c(c(=O)n1CCN1C3CCC1CC(OCc1ccccc1F)C3)CCCC2. The van der Waals surface area contributed by atoms with Crippen molar-refractivity contribution in [3.8, 4) is 0 Å². The summed E-state index contributed by atoms with van der Waals surface area (Å²) in [5.41, 5.74) is 2.78. The molecule has 2 fully saturated rings. The fourth-order valence-corrected chi connectivity index (χ4v) is 5.84. The van der Waals surface area contributed by atoms with E-state index in [0.29, 0.717) is 30.8 Å². The summed E-state index contributed by atoms with van der Waals surface area (Å²) in [7, 11) is 0. The first kappa shape index (κ1) is 20.8. The van der Waals surface area contributed by atoms with Crippen LogP contribution in [-0.4, -0.2) is 39.2 Å². The van der Waals surface area contributed by atoms with Gasteiger partial charge in [0, 0.05) is 36.3 Å². The zero-order chi connectivity index (χ0) is 21.4. The molecule has 31 heavy (non-hydrogen) atoms. The predicted molar refractivity (Wildman–Crippen MR) is 118 cm³/mol. The first-order valence-corrected chi connectivity index (χ1v) is 11.8. The van der Waals surface area contributed by atoms with Gasteiger partial charge in [-0.3, -0.25) is 14.3 Å². The minimum atomic E-state index is -0.192. The van der Waals surface area contributed by atoms with Crippen molar-refractivity contribution in [3.05, 3.63) is 63.1 Å². The van der Waals surface area contributed by atoms with Gasteiger partial charge in [-0.2, -0.15) is 0 Å². The Balaban J connectivity index is 1.21. The van der Waals surface area contributed by atoms with E-state index in [0.717, 1.165) is 62.2 Å². The monoisotopic (exact) mass is 425 g/mol. The van der Waals surface area contributed by atoms with E-state index in [2.05, 4.69) is 4.90 Å². The number of hydrogen-bond acceptors (Lipinski definition) is 4. The van der Waals surface area contributed by atoms with Crippen LogP contribution in [-0.2, 0) is 30.7 Å². The number of aryl methyl sites for hydroxylation is 2. The number of fused-ring (bicyclic) bond motifs is 3. The molecular formula is C25H32FN3O2. The zero-order valence-electron chi connectivity index (χ0n) is 18.4. The van der Waals surface area contributed by atoms with Crippen molar-refractivity contribution in [1.82, 2.24) is 14.5 Å². The second-order valence-electron chi connectivity index (χ2n) is 9.37. The molecule has 0 spiro atoms. The van der Waals surface area contributed by atoms with Gasteiger partial charge in [-0.05, 0) is 64.4 Å². The zero-order valence-corrected chi connectivity index (χ0v) is 18.4. The summed E-state index contributed by atoms with van der Waals surface area (Å²) < 4.78 is 21.9. The van der Waals surface area contributed by atoms with E-state index >= 15 is 0 Å². The maximum Gasteiger partial charge on any atom is 0.256 e. The Kier molecular flexibility index (Phi) is 5.93. The molecule has 3 heterocycles. The van der Waals surface area contributed by atoms with Crippen LogP contribution in [0, 0.1) is 12.7 Å². The topological polar surface area (TPSA) is 47.4 Å². The third-order valence-electron chi connectivity index (χ3n) is 7.48. The lowest BCUT2D eigenvalue weighted by molar-refractivity contribution is -0.0297. The average Bonchev–Trinajstić information content (AvgIpc) is 3.00. The maximum absolute atomic E-state index is 13.9. The number of halogens is 1. The van der Waals surface area contributed by atoms with Crippen molar-refractivity contribution in [2.75, 3.05) is 6.54 Å². The fourth-order valence-electron chi connectivity index (χ4n) is 5.84. The largest absolute Gasteiger partial charge is 0.373 e. The van der Waals surface area contributed by atoms with Crippen molar-refractivity contribution in [1.29, 1.82) is 0 Å². The van der Waals surface area contributed by atoms with Crippen LogP contribution in [0.4, 0.5) is 4.39 Å². The van der Waals surface area contributed by atoms with Crippen LogP contribution >= 0.6 is 0 Å².